The largest absolute Gasteiger partial charge is 0.488 e. The molecule has 0 radical (unpaired) electrons. The summed E-state index contributed by atoms with van der Waals surface area (Å²) in [4.78, 5) is 55.6. The number of fused-ring (bicyclic) bond motifs is 1. The van der Waals surface area contributed by atoms with E-state index in [4.69, 9.17) is 9.47 Å². The second kappa shape index (κ2) is 13.1. The van der Waals surface area contributed by atoms with Crippen LogP contribution in [0.5, 0.6) is 17.2 Å². The predicted octanol–water partition coefficient (Wildman–Crippen LogP) is 5.20. The Morgan fingerprint density at radius 1 is 0.808 bits per heavy atom. The molecule has 2 aromatic heterocycles. The first-order chi connectivity index (χ1) is 25.1. The lowest BCUT2D eigenvalue weighted by molar-refractivity contribution is -0.136. The molecule has 2 fully saturated rings. The maximum atomic E-state index is 13.2. The van der Waals surface area contributed by atoms with Crippen LogP contribution in [0.2, 0.25) is 0 Å². The van der Waals surface area contributed by atoms with Crippen molar-refractivity contribution in [1.82, 2.24) is 30.2 Å². The van der Waals surface area contributed by atoms with Crippen molar-refractivity contribution in [2.24, 2.45) is 0 Å². The number of nitrogens with zero attached hydrogens (tertiary/aromatic N) is 5. The molecule has 0 spiro atoms. The molecule has 3 atom stereocenters. The van der Waals surface area contributed by atoms with Crippen molar-refractivity contribution < 1.29 is 28.7 Å². The highest BCUT2D eigenvalue weighted by Gasteiger charge is 2.45. The van der Waals surface area contributed by atoms with Gasteiger partial charge in [-0.25, -0.2) is 9.67 Å². The summed E-state index contributed by atoms with van der Waals surface area (Å²) in [6.45, 7) is 4.35. The average molecular weight is 698 g/mol. The van der Waals surface area contributed by atoms with E-state index in [0.29, 0.717) is 23.0 Å². The summed E-state index contributed by atoms with van der Waals surface area (Å²) in [5, 5.41) is 13.4. The fourth-order valence-electron chi connectivity index (χ4n) is 6.82. The first-order valence-corrected chi connectivity index (χ1v) is 17.1. The number of carbonyl (C=O) groups excluding carboxylic acids is 4. The molecule has 262 valence electrons. The van der Waals surface area contributed by atoms with Gasteiger partial charge in [-0.3, -0.25) is 29.4 Å². The second-order valence-corrected chi connectivity index (χ2v) is 13.7. The number of piperidine rings is 1. The van der Waals surface area contributed by atoms with Crippen molar-refractivity contribution in [2.45, 2.75) is 63.1 Å². The summed E-state index contributed by atoms with van der Waals surface area (Å²) in [6.07, 6.45) is 6.84. The van der Waals surface area contributed by atoms with Gasteiger partial charge in [-0.1, -0.05) is 43.3 Å². The molecule has 3 aromatic carbocycles. The van der Waals surface area contributed by atoms with Gasteiger partial charge in [0.15, 0.2) is 5.82 Å². The Balaban J connectivity index is 0.872. The van der Waals surface area contributed by atoms with E-state index in [-0.39, 0.29) is 41.5 Å². The van der Waals surface area contributed by atoms with Crippen LogP contribution >= 0.6 is 0 Å². The molecule has 4 heterocycles. The Hall–Kier alpha value is -6.37. The zero-order valence-electron chi connectivity index (χ0n) is 28.5. The molecule has 3 aliphatic rings. The zero-order chi connectivity index (χ0) is 36.0. The van der Waals surface area contributed by atoms with E-state index in [9.17, 15) is 19.2 Å². The van der Waals surface area contributed by atoms with Gasteiger partial charge in [0, 0.05) is 17.5 Å². The molecule has 52 heavy (non-hydrogen) atoms. The van der Waals surface area contributed by atoms with E-state index < -0.39 is 29.7 Å². The number of amides is 4. The van der Waals surface area contributed by atoms with E-state index in [1.54, 1.807) is 41.5 Å². The number of hydrogen-bond acceptors (Lipinski definition) is 10. The summed E-state index contributed by atoms with van der Waals surface area (Å²) in [5.41, 5.74) is 3.16. The van der Waals surface area contributed by atoms with Crippen molar-refractivity contribution in [3.05, 3.63) is 120 Å². The molecule has 0 bridgehead atoms. The molecule has 8 rings (SSSR count). The molecule has 2 aliphatic heterocycles. The first kappa shape index (κ1) is 32.8. The fraction of sp³-hybridized carbons (Fsp3) is 0.256. The first-order valence-electron chi connectivity index (χ1n) is 17.1. The molecule has 1 saturated heterocycles. The molecule has 4 amide bonds. The van der Waals surface area contributed by atoms with E-state index in [2.05, 4.69) is 64.0 Å². The van der Waals surface area contributed by atoms with Crippen LogP contribution in [0.1, 0.15) is 71.4 Å². The molecular formula is C39H35N7O6. The lowest BCUT2D eigenvalue weighted by Gasteiger charge is -2.38. The summed E-state index contributed by atoms with van der Waals surface area (Å²) in [6, 6.07) is 23.9. The molecular weight excluding hydrogens is 662 g/mol. The number of nitrogens with one attached hydrogen (secondary N) is 2. The van der Waals surface area contributed by atoms with E-state index in [1.165, 1.54) is 0 Å². The minimum atomic E-state index is -0.997. The van der Waals surface area contributed by atoms with Crippen molar-refractivity contribution in [1.29, 1.82) is 0 Å². The van der Waals surface area contributed by atoms with Crippen LogP contribution in [-0.4, -0.2) is 66.7 Å². The van der Waals surface area contributed by atoms with Gasteiger partial charge in [0.1, 0.15) is 29.4 Å². The van der Waals surface area contributed by atoms with Gasteiger partial charge in [-0.05, 0) is 85.0 Å². The van der Waals surface area contributed by atoms with E-state index in [1.807, 2.05) is 36.4 Å². The predicted molar refractivity (Wildman–Crippen MR) is 188 cm³/mol. The Morgan fingerprint density at radius 3 is 2.15 bits per heavy atom. The van der Waals surface area contributed by atoms with E-state index in [0.717, 1.165) is 34.6 Å². The van der Waals surface area contributed by atoms with Gasteiger partial charge in [0.25, 0.3) is 11.8 Å². The maximum absolute atomic E-state index is 13.2. The van der Waals surface area contributed by atoms with Gasteiger partial charge in [0.2, 0.25) is 11.8 Å². The average Bonchev–Trinajstić information content (AvgIpc) is 3.77. The maximum Gasteiger partial charge on any atom is 0.262 e. The van der Waals surface area contributed by atoms with Gasteiger partial charge < -0.3 is 14.8 Å². The van der Waals surface area contributed by atoms with Gasteiger partial charge >= 0.3 is 0 Å². The number of anilines is 1. The molecule has 1 aliphatic carbocycles. The van der Waals surface area contributed by atoms with E-state index >= 15 is 0 Å². The standard InChI is InChI=1S/C39H35N7O6/c1-39(2,23-3-8-26(9-4-23)51-28-12-17-34(40-22-28)45-20-19-41-44-45)24-5-10-27(11-6-24)52-33-16-14-31(33)42-25-7-13-29-30(21-25)38(50)46(37(29)49)32-15-18-35(47)43-36(32)48/h3-13,17,19-22,31-33,42H,14-16,18H2,1-2H3,(H,43,47,48)/t31-,32?,33-/m0/s1. The van der Waals surface area contributed by atoms with Crippen molar-refractivity contribution in [2.75, 3.05) is 5.32 Å². The lowest BCUT2D eigenvalue weighted by atomic mass is 9.78. The Bertz CT molecular complexity index is 2170. The van der Waals surface area contributed by atoms with Crippen LogP contribution in [0.4, 0.5) is 5.69 Å². The van der Waals surface area contributed by atoms with Gasteiger partial charge in [-0.2, -0.15) is 0 Å². The number of imide groups is 2. The summed E-state index contributed by atoms with van der Waals surface area (Å²) in [5.74, 6) is 0.647. The highest BCUT2D eigenvalue weighted by Crippen LogP contribution is 2.36. The van der Waals surface area contributed by atoms with Crippen LogP contribution in [0, 0.1) is 0 Å². The fourth-order valence-corrected chi connectivity index (χ4v) is 6.82. The van der Waals surface area contributed by atoms with Gasteiger partial charge in [-0.15, -0.1) is 5.10 Å². The third-order valence-electron chi connectivity index (χ3n) is 10.1. The SMILES string of the molecule is CC(C)(c1ccc(Oc2ccc(-n3ccnn3)nc2)cc1)c1ccc(O[C@H]2CC[C@@H]2Nc2ccc3c(c2)C(=O)N(C2CCC(=O)NC2=O)C3=O)cc1. The molecule has 2 N–H and O–H groups in total. The number of rotatable bonds is 10. The number of pyridine rings is 1. The van der Waals surface area contributed by atoms with Crippen LogP contribution in [-0.2, 0) is 15.0 Å². The normalized spacial score (nSPS) is 19.9. The third kappa shape index (κ3) is 6.14. The molecule has 1 unspecified atom stereocenters. The van der Waals surface area contributed by atoms with Crippen molar-refractivity contribution in [3.63, 3.8) is 0 Å². The summed E-state index contributed by atoms with van der Waals surface area (Å²) in [7, 11) is 0. The number of ether oxygens (including phenoxy) is 2. The van der Waals surface area contributed by atoms with Crippen LogP contribution in [0.3, 0.4) is 0 Å². The Morgan fingerprint density at radius 2 is 1.52 bits per heavy atom. The Labute approximate surface area is 298 Å². The number of hydrogen-bond donors (Lipinski definition) is 2. The van der Waals surface area contributed by atoms with Crippen molar-refractivity contribution >= 4 is 29.3 Å². The highest BCUT2D eigenvalue weighted by molar-refractivity contribution is 6.23. The van der Waals surface area contributed by atoms with Crippen molar-refractivity contribution in [3.8, 4) is 23.1 Å². The number of aromatic nitrogens is 4. The molecule has 1 saturated carbocycles. The van der Waals surface area contributed by atoms with Crippen LogP contribution in [0.25, 0.3) is 5.82 Å². The number of carbonyl (C=O) groups is 4. The van der Waals surface area contributed by atoms with Gasteiger partial charge in [0.05, 0.1) is 35.8 Å². The molecule has 13 heteroatoms. The third-order valence-corrected chi connectivity index (χ3v) is 10.1. The Kier molecular flexibility index (Phi) is 8.25. The second-order valence-electron chi connectivity index (χ2n) is 13.7. The summed E-state index contributed by atoms with van der Waals surface area (Å²) >= 11 is 0. The van der Waals surface area contributed by atoms with Crippen LogP contribution < -0.4 is 20.1 Å². The minimum Gasteiger partial charge on any atom is -0.488 e. The minimum absolute atomic E-state index is 0.00996. The topological polar surface area (TPSA) is 158 Å². The highest BCUT2D eigenvalue weighted by atomic mass is 16.5. The molecule has 5 aromatic rings. The zero-order valence-corrected chi connectivity index (χ0v) is 28.5. The number of benzene rings is 3. The summed E-state index contributed by atoms with van der Waals surface area (Å²) < 4.78 is 14.0. The smallest absolute Gasteiger partial charge is 0.262 e. The van der Waals surface area contributed by atoms with Crippen LogP contribution in [0.15, 0.2) is 97.5 Å². The monoisotopic (exact) mass is 697 g/mol. The lowest BCUT2D eigenvalue weighted by Crippen LogP contribution is -2.54. The quantitative estimate of drug-likeness (QED) is 0.186. The molecule has 13 nitrogen and oxygen atoms in total.